The molecule has 0 fully saturated rings. The summed E-state index contributed by atoms with van der Waals surface area (Å²) in [7, 11) is 0. The third-order valence-corrected chi connectivity index (χ3v) is 2.76. The van der Waals surface area contributed by atoms with Crippen LogP contribution in [0, 0.1) is 5.92 Å². The number of nitrogens with one attached hydrogen (secondary N) is 1. The highest BCUT2D eigenvalue weighted by molar-refractivity contribution is 5.92. The standard InChI is InChI=1S/C15H15NO4/c1-9(2)14(17)16-11-5-3-4-10(8-11)12-6-7-13(20-12)15(18)19/h3-9H,1-2H3,(H,16,17)(H,18,19). The number of carboxylic acid groups (broad SMARTS) is 1. The van der Waals surface area contributed by atoms with Crippen molar-refractivity contribution in [1.82, 2.24) is 0 Å². The van der Waals surface area contributed by atoms with Crippen LogP contribution in [-0.4, -0.2) is 17.0 Å². The number of carbonyl (C=O) groups excluding carboxylic acids is 1. The van der Waals surface area contributed by atoms with Gasteiger partial charge in [-0.05, 0) is 24.3 Å². The average Bonchev–Trinajstić information content (AvgIpc) is 2.88. The molecule has 5 nitrogen and oxygen atoms in total. The number of carbonyl (C=O) groups is 2. The highest BCUT2D eigenvalue weighted by Crippen LogP contribution is 2.25. The topological polar surface area (TPSA) is 79.5 Å². The second kappa shape index (κ2) is 5.61. The molecule has 2 rings (SSSR count). The summed E-state index contributed by atoms with van der Waals surface area (Å²) in [6, 6.07) is 10.1. The Kier molecular flexibility index (Phi) is 3.89. The molecular formula is C15H15NO4. The molecule has 0 spiro atoms. The third-order valence-electron chi connectivity index (χ3n) is 2.76. The Morgan fingerprint density at radius 1 is 1.20 bits per heavy atom. The highest BCUT2D eigenvalue weighted by Gasteiger charge is 2.12. The molecule has 1 aromatic heterocycles. The van der Waals surface area contributed by atoms with Gasteiger partial charge in [-0.2, -0.15) is 0 Å². The van der Waals surface area contributed by atoms with Crippen molar-refractivity contribution in [2.75, 3.05) is 5.32 Å². The van der Waals surface area contributed by atoms with Crippen molar-refractivity contribution in [1.29, 1.82) is 0 Å². The van der Waals surface area contributed by atoms with Crippen molar-refractivity contribution in [3.63, 3.8) is 0 Å². The van der Waals surface area contributed by atoms with E-state index in [9.17, 15) is 9.59 Å². The largest absolute Gasteiger partial charge is 0.475 e. The molecule has 0 aliphatic rings. The molecular weight excluding hydrogens is 258 g/mol. The van der Waals surface area contributed by atoms with Crippen molar-refractivity contribution in [2.24, 2.45) is 5.92 Å². The van der Waals surface area contributed by atoms with Crippen molar-refractivity contribution in [3.8, 4) is 11.3 Å². The molecule has 0 bridgehead atoms. The number of anilines is 1. The lowest BCUT2D eigenvalue weighted by molar-refractivity contribution is -0.118. The van der Waals surface area contributed by atoms with E-state index in [1.54, 1.807) is 30.3 Å². The Labute approximate surface area is 116 Å². The predicted molar refractivity (Wildman–Crippen MR) is 74.6 cm³/mol. The molecule has 5 heteroatoms. The minimum Gasteiger partial charge on any atom is -0.475 e. The number of furan rings is 1. The molecule has 0 saturated carbocycles. The maximum Gasteiger partial charge on any atom is 0.371 e. The monoisotopic (exact) mass is 273 g/mol. The number of rotatable bonds is 4. The van der Waals surface area contributed by atoms with E-state index < -0.39 is 5.97 Å². The zero-order valence-electron chi connectivity index (χ0n) is 11.2. The Morgan fingerprint density at radius 3 is 2.55 bits per heavy atom. The molecule has 1 heterocycles. The number of hydrogen-bond acceptors (Lipinski definition) is 3. The number of amides is 1. The van der Waals surface area contributed by atoms with Crippen LogP contribution in [0.1, 0.15) is 24.4 Å². The van der Waals surface area contributed by atoms with Gasteiger partial charge in [0.25, 0.3) is 0 Å². The lowest BCUT2D eigenvalue weighted by atomic mass is 10.1. The third kappa shape index (κ3) is 3.06. The molecule has 0 aliphatic heterocycles. The van der Waals surface area contributed by atoms with Crippen LogP contribution in [0.15, 0.2) is 40.8 Å². The fourth-order valence-corrected chi connectivity index (χ4v) is 1.64. The Bertz CT molecular complexity index is 643. The van der Waals surface area contributed by atoms with Crippen LogP contribution in [0.5, 0.6) is 0 Å². The normalized spacial score (nSPS) is 10.6. The van der Waals surface area contributed by atoms with Gasteiger partial charge in [-0.15, -0.1) is 0 Å². The van der Waals surface area contributed by atoms with Crippen LogP contribution in [0.2, 0.25) is 0 Å². The molecule has 20 heavy (non-hydrogen) atoms. The first kappa shape index (κ1) is 13.9. The zero-order chi connectivity index (χ0) is 14.7. The first-order valence-corrected chi connectivity index (χ1v) is 6.22. The van der Waals surface area contributed by atoms with Crippen LogP contribution in [0.25, 0.3) is 11.3 Å². The van der Waals surface area contributed by atoms with E-state index in [-0.39, 0.29) is 17.6 Å². The van der Waals surface area contributed by atoms with E-state index in [1.165, 1.54) is 6.07 Å². The quantitative estimate of drug-likeness (QED) is 0.896. The zero-order valence-corrected chi connectivity index (χ0v) is 11.2. The molecule has 2 N–H and O–H groups in total. The van der Waals surface area contributed by atoms with E-state index in [0.717, 1.165) is 0 Å². The second-order valence-electron chi connectivity index (χ2n) is 4.69. The summed E-state index contributed by atoms with van der Waals surface area (Å²) in [5.41, 5.74) is 1.36. The first-order chi connectivity index (χ1) is 9.47. The summed E-state index contributed by atoms with van der Waals surface area (Å²) in [6.07, 6.45) is 0. The second-order valence-corrected chi connectivity index (χ2v) is 4.69. The van der Waals surface area contributed by atoms with Crippen molar-refractivity contribution in [2.45, 2.75) is 13.8 Å². The van der Waals surface area contributed by atoms with Gasteiger partial charge in [0.1, 0.15) is 5.76 Å². The van der Waals surface area contributed by atoms with Crippen molar-refractivity contribution >= 4 is 17.6 Å². The summed E-state index contributed by atoms with van der Waals surface area (Å²) >= 11 is 0. The van der Waals surface area contributed by atoms with Gasteiger partial charge in [0.05, 0.1) is 0 Å². The van der Waals surface area contributed by atoms with Crippen molar-refractivity contribution < 1.29 is 19.1 Å². The van der Waals surface area contributed by atoms with Crippen LogP contribution >= 0.6 is 0 Å². The number of hydrogen-bond donors (Lipinski definition) is 2. The smallest absolute Gasteiger partial charge is 0.371 e. The summed E-state index contributed by atoms with van der Waals surface area (Å²) in [4.78, 5) is 22.4. The molecule has 0 aliphatic carbocycles. The van der Waals surface area contributed by atoms with Gasteiger partial charge in [-0.25, -0.2) is 4.79 Å². The van der Waals surface area contributed by atoms with Gasteiger partial charge >= 0.3 is 5.97 Å². The van der Waals surface area contributed by atoms with Gasteiger partial charge in [0, 0.05) is 17.2 Å². The van der Waals surface area contributed by atoms with E-state index in [0.29, 0.717) is 17.0 Å². The van der Waals surface area contributed by atoms with Gasteiger partial charge in [-0.1, -0.05) is 26.0 Å². The lowest BCUT2D eigenvalue weighted by Gasteiger charge is -2.08. The van der Waals surface area contributed by atoms with Gasteiger partial charge < -0.3 is 14.8 Å². The number of aromatic carboxylic acids is 1. The maximum absolute atomic E-state index is 11.6. The SMILES string of the molecule is CC(C)C(=O)Nc1cccc(-c2ccc(C(=O)O)o2)c1. The highest BCUT2D eigenvalue weighted by atomic mass is 16.4. The van der Waals surface area contributed by atoms with Crippen LogP contribution < -0.4 is 5.32 Å². The first-order valence-electron chi connectivity index (χ1n) is 6.22. The maximum atomic E-state index is 11.6. The van der Waals surface area contributed by atoms with Crippen LogP contribution in [0.4, 0.5) is 5.69 Å². The van der Waals surface area contributed by atoms with E-state index in [2.05, 4.69) is 5.32 Å². The molecule has 0 saturated heterocycles. The average molecular weight is 273 g/mol. The van der Waals surface area contributed by atoms with Crippen LogP contribution in [0.3, 0.4) is 0 Å². The van der Waals surface area contributed by atoms with Crippen LogP contribution in [-0.2, 0) is 4.79 Å². The van der Waals surface area contributed by atoms with Gasteiger partial charge in [0.15, 0.2) is 0 Å². The molecule has 0 unspecified atom stereocenters. The molecule has 1 amide bonds. The van der Waals surface area contributed by atoms with E-state index in [4.69, 9.17) is 9.52 Å². The summed E-state index contributed by atoms with van der Waals surface area (Å²) in [6.45, 7) is 3.62. The Morgan fingerprint density at radius 2 is 1.95 bits per heavy atom. The molecule has 0 radical (unpaired) electrons. The Hall–Kier alpha value is -2.56. The molecule has 1 aromatic carbocycles. The number of benzene rings is 1. The number of carboxylic acids is 1. The summed E-state index contributed by atoms with van der Waals surface area (Å²) in [5.74, 6) is -0.964. The van der Waals surface area contributed by atoms with Gasteiger partial charge in [-0.3, -0.25) is 4.79 Å². The Balaban J connectivity index is 2.24. The fourth-order valence-electron chi connectivity index (χ4n) is 1.64. The van der Waals surface area contributed by atoms with E-state index >= 15 is 0 Å². The minimum atomic E-state index is -1.11. The van der Waals surface area contributed by atoms with Crippen molar-refractivity contribution in [3.05, 3.63) is 42.2 Å². The molecule has 104 valence electrons. The lowest BCUT2D eigenvalue weighted by Crippen LogP contribution is -2.17. The molecule has 0 atom stereocenters. The molecule has 2 aromatic rings. The van der Waals surface area contributed by atoms with Gasteiger partial charge in [0.2, 0.25) is 11.7 Å². The predicted octanol–water partition coefficient (Wildman–Crippen LogP) is 3.24. The fraction of sp³-hybridized carbons (Fsp3) is 0.200. The summed E-state index contributed by atoms with van der Waals surface area (Å²) < 4.78 is 5.23. The minimum absolute atomic E-state index is 0.0761. The van der Waals surface area contributed by atoms with E-state index in [1.807, 2.05) is 13.8 Å². The summed E-state index contributed by atoms with van der Waals surface area (Å²) in [5, 5.41) is 11.6.